The van der Waals surface area contributed by atoms with E-state index < -0.39 is 12.4 Å². The van der Waals surface area contributed by atoms with Crippen LogP contribution in [0.2, 0.25) is 0 Å². The largest absolute Gasteiger partial charge is 0.445 e. The second-order valence-corrected chi connectivity index (χ2v) is 12.1. The predicted octanol–water partition coefficient (Wildman–Crippen LogP) is 8.82. The van der Waals surface area contributed by atoms with Crippen LogP contribution in [0.25, 0.3) is 22.6 Å². The van der Waals surface area contributed by atoms with Crippen LogP contribution in [0, 0.1) is 5.92 Å². The fourth-order valence-corrected chi connectivity index (χ4v) is 6.40. The molecular formula is C38H36N2O6S. The molecule has 0 aliphatic carbocycles. The second-order valence-electron chi connectivity index (χ2n) is 11.2. The lowest BCUT2D eigenvalue weighted by Gasteiger charge is -2.41. The Hall–Kier alpha value is -4.67. The third-order valence-electron chi connectivity index (χ3n) is 7.95. The fraction of sp³-hybridized carbons (Fsp3) is 0.211. The minimum atomic E-state index is -0.662. The number of hydrogen-bond donors (Lipinski definition) is 2. The number of benzene rings is 4. The summed E-state index contributed by atoms with van der Waals surface area (Å²) in [5, 5.41) is 12.8. The van der Waals surface area contributed by atoms with Gasteiger partial charge in [-0.15, -0.1) is 0 Å². The highest BCUT2D eigenvalue weighted by molar-refractivity contribution is 7.99. The van der Waals surface area contributed by atoms with E-state index in [0.29, 0.717) is 16.7 Å². The van der Waals surface area contributed by atoms with E-state index in [1.165, 1.54) is 17.8 Å². The zero-order valence-corrected chi connectivity index (χ0v) is 26.8. The van der Waals surface area contributed by atoms with Crippen LogP contribution in [-0.2, 0) is 20.8 Å². The van der Waals surface area contributed by atoms with E-state index in [1.807, 2.05) is 97.1 Å². The van der Waals surface area contributed by atoms with Crippen LogP contribution in [0.15, 0.2) is 131 Å². The second kappa shape index (κ2) is 15.3. The summed E-state index contributed by atoms with van der Waals surface area (Å²) in [6.07, 6.45) is -0.206. The average molecular weight is 649 g/mol. The molecule has 6 rings (SSSR count). The summed E-state index contributed by atoms with van der Waals surface area (Å²) in [5.41, 5.74) is 5.96. The number of oxazole rings is 1. The van der Waals surface area contributed by atoms with Crippen molar-refractivity contribution in [1.82, 2.24) is 4.98 Å². The molecule has 1 amide bonds. The fourth-order valence-electron chi connectivity index (χ4n) is 5.41. The third-order valence-corrected chi connectivity index (χ3v) is 8.86. The van der Waals surface area contributed by atoms with Gasteiger partial charge >= 0.3 is 6.09 Å². The van der Waals surface area contributed by atoms with Gasteiger partial charge in [0, 0.05) is 34.0 Å². The molecule has 0 radical (unpaired) electrons. The van der Waals surface area contributed by atoms with Gasteiger partial charge in [0.2, 0.25) is 0 Å². The van der Waals surface area contributed by atoms with E-state index in [2.05, 4.69) is 18.8 Å². The molecule has 1 aliphatic heterocycles. The lowest BCUT2D eigenvalue weighted by molar-refractivity contribution is -0.268. The van der Waals surface area contributed by atoms with Gasteiger partial charge < -0.3 is 23.7 Å². The van der Waals surface area contributed by atoms with Crippen molar-refractivity contribution in [2.24, 2.45) is 5.92 Å². The first-order valence-corrected chi connectivity index (χ1v) is 16.4. The Morgan fingerprint density at radius 1 is 0.915 bits per heavy atom. The number of anilines is 1. The molecule has 2 N–H and O–H groups in total. The highest BCUT2D eigenvalue weighted by Crippen LogP contribution is 2.44. The predicted molar refractivity (Wildman–Crippen MR) is 183 cm³/mol. The Morgan fingerprint density at radius 3 is 2.23 bits per heavy atom. The van der Waals surface area contributed by atoms with Gasteiger partial charge in [0.15, 0.2) is 12.1 Å². The summed E-state index contributed by atoms with van der Waals surface area (Å²) in [5.74, 6) is 1.28. The normalized spacial score (nSPS) is 19.2. The SMILES string of the molecule is C=CCOC(=O)Nc1ccc([C@H]2O[C@@H](CSc3nc(-c4ccccc4)c(-c4ccccc4)o3)[C@@H](C)[C@@H](c3ccc(CO)cc3)O2)cc1. The number of rotatable bonds is 11. The number of aliphatic hydroxyl groups is 1. The van der Waals surface area contributed by atoms with E-state index in [1.54, 1.807) is 12.1 Å². The smallest absolute Gasteiger partial charge is 0.411 e. The Balaban J connectivity index is 1.24. The molecule has 240 valence electrons. The molecule has 0 saturated carbocycles. The van der Waals surface area contributed by atoms with Crippen molar-refractivity contribution in [3.05, 3.63) is 139 Å². The molecular weight excluding hydrogens is 612 g/mol. The number of aromatic nitrogens is 1. The standard InChI is InChI=1S/C38H36N2O6S/c1-3-22-43-37(42)39-31-20-18-30(19-21-31)36-44-32(25(2)34(45-36)29-16-14-26(23-41)15-17-29)24-47-38-40-33(27-10-6-4-7-11-27)35(46-38)28-12-8-5-9-13-28/h3-21,25,32,34,36,41H,1,22-24H2,2H3,(H,39,42)/t25-,32+,34+,36+/m1/s1. The van der Waals surface area contributed by atoms with Crippen LogP contribution < -0.4 is 5.32 Å². The molecule has 1 saturated heterocycles. The number of nitrogens with zero attached hydrogens (tertiary/aromatic N) is 1. The lowest BCUT2D eigenvalue weighted by Crippen LogP contribution is -2.38. The molecule has 4 aromatic carbocycles. The maximum Gasteiger partial charge on any atom is 0.411 e. The molecule has 0 bridgehead atoms. The number of carbonyl (C=O) groups excluding carboxylic acids is 1. The van der Waals surface area contributed by atoms with E-state index in [9.17, 15) is 9.90 Å². The highest BCUT2D eigenvalue weighted by Gasteiger charge is 2.38. The Morgan fingerprint density at radius 2 is 1.57 bits per heavy atom. The molecule has 0 spiro atoms. The zero-order valence-electron chi connectivity index (χ0n) is 26.0. The summed E-state index contributed by atoms with van der Waals surface area (Å²) < 4.78 is 24.6. The number of nitrogens with one attached hydrogen (secondary N) is 1. The average Bonchev–Trinajstić information content (AvgIpc) is 3.56. The first-order valence-electron chi connectivity index (χ1n) is 15.4. The number of ether oxygens (including phenoxy) is 3. The van der Waals surface area contributed by atoms with Crippen LogP contribution in [0.5, 0.6) is 0 Å². The van der Waals surface area contributed by atoms with Crippen molar-refractivity contribution < 1.29 is 28.5 Å². The van der Waals surface area contributed by atoms with Gasteiger partial charge in [-0.3, -0.25) is 5.32 Å². The highest BCUT2D eigenvalue weighted by atomic mass is 32.2. The van der Waals surface area contributed by atoms with Crippen molar-refractivity contribution in [3.63, 3.8) is 0 Å². The molecule has 4 atom stereocenters. The van der Waals surface area contributed by atoms with Gasteiger partial charge in [0.1, 0.15) is 12.3 Å². The quantitative estimate of drug-likeness (QED) is 0.108. The van der Waals surface area contributed by atoms with Gasteiger partial charge in [-0.1, -0.05) is 128 Å². The van der Waals surface area contributed by atoms with Crippen molar-refractivity contribution >= 4 is 23.5 Å². The van der Waals surface area contributed by atoms with E-state index in [-0.39, 0.29) is 31.3 Å². The number of thioether (sulfide) groups is 1. The number of amides is 1. The summed E-state index contributed by atoms with van der Waals surface area (Å²) in [6.45, 7) is 5.77. The molecule has 8 nitrogen and oxygen atoms in total. The first-order chi connectivity index (χ1) is 23.0. The maximum absolute atomic E-state index is 12.0. The number of carbonyl (C=O) groups is 1. The van der Waals surface area contributed by atoms with Gasteiger partial charge in [-0.25, -0.2) is 9.78 Å². The van der Waals surface area contributed by atoms with Crippen molar-refractivity contribution in [2.75, 3.05) is 17.7 Å². The third kappa shape index (κ3) is 7.84. The number of hydrogen-bond acceptors (Lipinski definition) is 8. The monoisotopic (exact) mass is 648 g/mol. The lowest BCUT2D eigenvalue weighted by atomic mass is 9.91. The molecule has 1 aliphatic rings. The van der Waals surface area contributed by atoms with Gasteiger partial charge in [-0.2, -0.15) is 0 Å². The van der Waals surface area contributed by atoms with Gasteiger partial charge in [0.05, 0.1) is 18.8 Å². The summed E-state index contributed by atoms with van der Waals surface area (Å²) in [6, 6.07) is 35.1. The van der Waals surface area contributed by atoms with Crippen LogP contribution in [0.1, 0.15) is 36.0 Å². The molecule has 5 aromatic rings. The van der Waals surface area contributed by atoms with Gasteiger partial charge in [0.25, 0.3) is 5.22 Å². The van der Waals surface area contributed by atoms with E-state index in [0.717, 1.165) is 39.3 Å². The minimum Gasteiger partial charge on any atom is -0.445 e. The zero-order chi connectivity index (χ0) is 32.6. The molecule has 0 unspecified atom stereocenters. The van der Waals surface area contributed by atoms with Crippen LogP contribution in [0.3, 0.4) is 0 Å². The Labute approximate surface area is 278 Å². The molecule has 2 heterocycles. The van der Waals surface area contributed by atoms with Crippen LogP contribution in [-0.4, -0.2) is 34.6 Å². The molecule has 9 heteroatoms. The summed E-state index contributed by atoms with van der Waals surface area (Å²) in [7, 11) is 0. The van der Waals surface area contributed by atoms with Crippen LogP contribution in [0.4, 0.5) is 10.5 Å². The van der Waals surface area contributed by atoms with E-state index in [4.69, 9.17) is 23.6 Å². The van der Waals surface area contributed by atoms with Crippen molar-refractivity contribution in [2.45, 2.75) is 37.3 Å². The molecule has 1 aromatic heterocycles. The van der Waals surface area contributed by atoms with Crippen molar-refractivity contribution in [1.29, 1.82) is 0 Å². The minimum absolute atomic E-state index is 0.0172. The maximum atomic E-state index is 12.0. The summed E-state index contributed by atoms with van der Waals surface area (Å²) in [4.78, 5) is 16.9. The first kappa shape index (κ1) is 32.3. The summed E-state index contributed by atoms with van der Waals surface area (Å²) >= 11 is 1.51. The molecule has 1 fully saturated rings. The van der Waals surface area contributed by atoms with Gasteiger partial charge in [-0.05, 0) is 23.3 Å². The Kier molecular flexibility index (Phi) is 10.5. The number of aliphatic hydroxyl groups excluding tert-OH is 1. The van der Waals surface area contributed by atoms with E-state index >= 15 is 0 Å². The van der Waals surface area contributed by atoms with Crippen molar-refractivity contribution in [3.8, 4) is 22.6 Å². The van der Waals surface area contributed by atoms with Crippen LogP contribution >= 0.6 is 11.8 Å². The topological polar surface area (TPSA) is 103 Å². The molecule has 47 heavy (non-hydrogen) atoms. The Bertz CT molecular complexity index is 1700.